The van der Waals surface area contributed by atoms with E-state index < -0.39 is 0 Å². The number of hydrogen-bond acceptors (Lipinski definition) is 2. The summed E-state index contributed by atoms with van der Waals surface area (Å²) < 4.78 is 5.79. The molecule has 16 heavy (non-hydrogen) atoms. The maximum atomic E-state index is 6.06. The maximum absolute atomic E-state index is 6.06. The molecule has 2 nitrogen and oxygen atoms in total. The van der Waals surface area contributed by atoms with Crippen LogP contribution in [0.2, 0.25) is 5.02 Å². The summed E-state index contributed by atoms with van der Waals surface area (Å²) in [7, 11) is 0. The van der Waals surface area contributed by atoms with Gasteiger partial charge in [-0.2, -0.15) is 0 Å². The molecule has 3 heteroatoms. The lowest BCUT2D eigenvalue weighted by molar-refractivity contribution is 0.260. The molecule has 1 atom stereocenters. The number of hydrogen-bond donors (Lipinski definition) is 1. The highest BCUT2D eigenvalue weighted by Crippen LogP contribution is 2.23. The van der Waals surface area contributed by atoms with Crippen molar-refractivity contribution in [3.05, 3.63) is 28.8 Å². The standard InChI is InChI=1S/C13H18ClNO/c1-2-11-7-12(3-4-13(11)14)16-9-10-5-6-15-8-10/h3-4,7,10,15H,2,5-6,8-9H2,1H3/t10-/m0/s1. The van der Waals surface area contributed by atoms with Gasteiger partial charge in [0, 0.05) is 17.5 Å². The van der Waals surface area contributed by atoms with Crippen molar-refractivity contribution in [2.45, 2.75) is 19.8 Å². The molecular formula is C13H18ClNO. The minimum absolute atomic E-state index is 0.653. The number of nitrogens with one attached hydrogen (secondary N) is 1. The van der Waals surface area contributed by atoms with Gasteiger partial charge < -0.3 is 10.1 Å². The van der Waals surface area contributed by atoms with Crippen LogP contribution in [-0.2, 0) is 6.42 Å². The van der Waals surface area contributed by atoms with Crippen molar-refractivity contribution in [2.24, 2.45) is 5.92 Å². The molecule has 1 N–H and O–H groups in total. The van der Waals surface area contributed by atoms with Gasteiger partial charge in [-0.15, -0.1) is 0 Å². The van der Waals surface area contributed by atoms with Gasteiger partial charge in [-0.25, -0.2) is 0 Å². The van der Waals surface area contributed by atoms with E-state index in [2.05, 4.69) is 12.2 Å². The van der Waals surface area contributed by atoms with Crippen LogP contribution in [0.1, 0.15) is 18.9 Å². The minimum atomic E-state index is 0.653. The SMILES string of the molecule is CCc1cc(OC[C@H]2CCNC2)ccc1Cl. The summed E-state index contributed by atoms with van der Waals surface area (Å²) in [5.41, 5.74) is 1.16. The van der Waals surface area contributed by atoms with Crippen molar-refractivity contribution in [3.8, 4) is 5.75 Å². The molecule has 2 rings (SSSR count). The van der Waals surface area contributed by atoms with Crippen molar-refractivity contribution in [2.75, 3.05) is 19.7 Å². The van der Waals surface area contributed by atoms with Crippen LogP contribution in [0.5, 0.6) is 5.75 Å². The van der Waals surface area contributed by atoms with Gasteiger partial charge in [0.15, 0.2) is 0 Å². The zero-order valence-electron chi connectivity index (χ0n) is 9.63. The van der Waals surface area contributed by atoms with Crippen LogP contribution in [0.15, 0.2) is 18.2 Å². The lowest BCUT2D eigenvalue weighted by Crippen LogP contribution is -2.15. The molecule has 1 heterocycles. The van der Waals surface area contributed by atoms with Crippen LogP contribution in [0.3, 0.4) is 0 Å². The molecule has 1 aliphatic heterocycles. The summed E-state index contributed by atoms with van der Waals surface area (Å²) in [6, 6.07) is 5.91. The predicted octanol–water partition coefficient (Wildman–Crippen LogP) is 2.89. The Labute approximate surface area is 102 Å². The van der Waals surface area contributed by atoms with Crippen LogP contribution >= 0.6 is 11.6 Å². The van der Waals surface area contributed by atoms with Crippen LogP contribution < -0.4 is 10.1 Å². The molecule has 0 aliphatic carbocycles. The van der Waals surface area contributed by atoms with Gasteiger partial charge in [-0.3, -0.25) is 0 Å². The summed E-state index contributed by atoms with van der Waals surface area (Å²) in [6.45, 7) is 5.10. The van der Waals surface area contributed by atoms with Crippen molar-refractivity contribution in [1.29, 1.82) is 0 Å². The Hall–Kier alpha value is -0.730. The van der Waals surface area contributed by atoms with Crippen LogP contribution in [0.25, 0.3) is 0 Å². The summed E-state index contributed by atoms with van der Waals surface area (Å²) in [5.74, 6) is 1.59. The first-order chi connectivity index (χ1) is 7.79. The Bertz CT molecular complexity index is 348. The predicted molar refractivity (Wildman–Crippen MR) is 67.3 cm³/mol. The lowest BCUT2D eigenvalue weighted by Gasteiger charge is -2.12. The van der Waals surface area contributed by atoms with Gasteiger partial charge in [0.2, 0.25) is 0 Å². The number of ether oxygens (including phenoxy) is 1. The number of benzene rings is 1. The largest absolute Gasteiger partial charge is 0.493 e. The number of halogens is 1. The highest BCUT2D eigenvalue weighted by molar-refractivity contribution is 6.31. The Morgan fingerprint density at radius 3 is 3.06 bits per heavy atom. The molecule has 0 bridgehead atoms. The van der Waals surface area contributed by atoms with Gasteiger partial charge in [-0.1, -0.05) is 18.5 Å². The van der Waals surface area contributed by atoms with Crippen LogP contribution in [-0.4, -0.2) is 19.7 Å². The average molecular weight is 240 g/mol. The van der Waals surface area contributed by atoms with Crippen LogP contribution in [0, 0.1) is 5.92 Å². The Morgan fingerprint density at radius 2 is 2.38 bits per heavy atom. The Morgan fingerprint density at radius 1 is 1.50 bits per heavy atom. The quantitative estimate of drug-likeness (QED) is 0.873. The molecule has 1 fully saturated rings. The summed E-state index contributed by atoms with van der Waals surface area (Å²) in [4.78, 5) is 0. The fourth-order valence-corrected chi connectivity index (χ4v) is 2.23. The zero-order chi connectivity index (χ0) is 11.4. The average Bonchev–Trinajstić information content (AvgIpc) is 2.81. The van der Waals surface area contributed by atoms with Gasteiger partial charge >= 0.3 is 0 Å². The van der Waals surface area contributed by atoms with Crippen molar-refractivity contribution in [3.63, 3.8) is 0 Å². The smallest absolute Gasteiger partial charge is 0.119 e. The van der Waals surface area contributed by atoms with E-state index in [0.29, 0.717) is 5.92 Å². The first-order valence-corrected chi connectivity index (χ1v) is 6.29. The highest BCUT2D eigenvalue weighted by Gasteiger charge is 2.14. The van der Waals surface area contributed by atoms with Crippen molar-refractivity contribution >= 4 is 11.6 Å². The Kier molecular flexibility index (Phi) is 4.08. The van der Waals surface area contributed by atoms with E-state index in [0.717, 1.165) is 42.5 Å². The third-order valence-corrected chi connectivity index (χ3v) is 3.41. The molecule has 0 radical (unpaired) electrons. The highest BCUT2D eigenvalue weighted by atomic mass is 35.5. The summed E-state index contributed by atoms with van der Waals surface area (Å²) >= 11 is 6.06. The van der Waals surface area contributed by atoms with Crippen LogP contribution in [0.4, 0.5) is 0 Å². The fourth-order valence-electron chi connectivity index (χ4n) is 1.98. The number of rotatable bonds is 4. The van der Waals surface area contributed by atoms with E-state index in [4.69, 9.17) is 16.3 Å². The monoisotopic (exact) mass is 239 g/mol. The van der Waals surface area contributed by atoms with E-state index in [-0.39, 0.29) is 0 Å². The molecule has 1 aromatic rings. The normalized spacial score (nSPS) is 20.0. The van der Waals surface area contributed by atoms with E-state index in [1.807, 2.05) is 18.2 Å². The van der Waals surface area contributed by atoms with E-state index in [1.165, 1.54) is 6.42 Å². The minimum Gasteiger partial charge on any atom is -0.493 e. The summed E-state index contributed by atoms with van der Waals surface area (Å²) in [5, 5.41) is 4.17. The Balaban J connectivity index is 1.93. The molecule has 1 aromatic carbocycles. The topological polar surface area (TPSA) is 21.3 Å². The molecule has 0 aromatic heterocycles. The molecule has 0 amide bonds. The van der Waals surface area contributed by atoms with Gasteiger partial charge in [0.1, 0.15) is 5.75 Å². The third-order valence-electron chi connectivity index (χ3n) is 3.05. The van der Waals surface area contributed by atoms with E-state index in [9.17, 15) is 0 Å². The molecule has 1 saturated heterocycles. The molecule has 0 saturated carbocycles. The van der Waals surface area contributed by atoms with Gasteiger partial charge in [0.25, 0.3) is 0 Å². The number of aryl methyl sites for hydroxylation is 1. The molecule has 1 aliphatic rings. The fraction of sp³-hybridized carbons (Fsp3) is 0.538. The first kappa shape index (κ1) is 11.7. The third kappa shape index (κ3) is 2.89. The molecule has 88 valence electrons. The van der Waals surface area contributed by atoms with Gasteiger partial charge in [-0.05, 0) is 43.1 Å². The first-order valence-electron chi connectivity index (χ1n) is 5.91. The van der Waals surface area contributed by atoms with E-state index >= 15 is 0 Å². The van der Waals surface area contributed by atoms with Crippen molar-refractivity contribution < 1.29 is 4.74 Å². The lowest BCUT2D eigenvalue weighted by atomic mass is 10.1. The molecule has 0 spiro atoms. The second-order valence-corrected chi connectivity index (χ2v) is 4.68. The van der Waals surface area contributed by atoms with Gasteiger partial charge in [0.05, 0.1) is 6.61 Å². The summed E-state index contributed by atoms with van der Waals surface area (Å²) in [6.07, 6.45) is 2.16. The maximum Gasteiger partial charge on any atom is 0.119 e. The zero-order valence-corrected chi connectivity index (χ0v) is 10.4. The molecular weight excluding hydrogens is 222 g/mol. The van der Waals surface area contributed by atoms with E-state index in [1.54, 1.807) is 0 Å². The van der Waals surface area contributed by atoms with Crippen molar-refractivity contribution in [1.82, 2.24) is 5.32 Å². The molecule has 0 unspecified atom stereocenters. The second kappa shape index (κ2) is 5.55. The second-order valence-electron chi connectivity index (χ2n) is 4.28.